The van der Waals surface area contributed by atoms with Crippen LogP contribution in [0.25, 0.3) is 0 Å². The molecule has 0 aliphatic rings. The standard InChI is InChI=1S/C3H6O3S.Ag/c1-2-3-7(4,5)6;/h2H,1,3H2,(H,4,5,6);/q;+1. The van der Waals surface area contributed by atoms with Crippen LogP contribution in [0.2, 0.25) is 0 Å². The zero-order chi connectivity index (χ0) is 5.91. The second-order valence-corrected chi connectivity index (χ2v) is 2.53. The first-order chi connectivity index (χ1) is 3.06. The molecule has 0 saturated carbocycles. The second-order valence-electron chi connectivity index (χ2n) is 1.04. The van der Waals surface area contributed by atoms with Crippen molar-refractivity contribution in [1.82, 2.24) is 0 Å². The van der Waals surface area contributed by atoms with Crippen molar-refractivity contribution in [3.05, 3.63) is 12.7 Å². The van der Waals surface area contributed by atoms with E-state index in [0.717, 1.165) is 6.08 Å². The molecule has 0 spiro atoms. The molecule has 0 aromatic carbocycles. The minimum Gasteiger partial charge on any atom is -0.285 e. The Morgan fingerprint density at radius 1 is 1.62 bits per heavy atom. The average Bonchev–Trinajstić information content (AvgIpc) is 1.30. The summed E-state index contributed by atoms with van der Waals surface area (Å²) in [5, 5.41) is 0. The number of rotatable bonds is 2. The van der Waals surface area contributed by atoms with Crippen LogP contribution in [-0.2, 0) is 32.5 Å². The molecule has 3 nitrogen and oxygen atoms in total. The third-order valence-electron chi connectivity index (χ3n) is 0.328. The zero-order valence-electron chi connectivity index (χ0n) is 3.97. The predicted molar refractivity (Wildman–Crippen MR) is 26.6 cm³/mol. The van der Waals surface area contributed by atoms with Gasteiger partial charge in [-0.2, -0.15) is 8.42 Å². The normalized spacial score (nSPS) is 9.62. The summed E-state index contributed by atoms with van der Waals surface area (Å²) in [7, 11) is -3.79. The van der Waals surface area contributed by atoms with Crippen molar-refractivity contribution in [3.63, 3.8) is 0 Å². The molecule has 0 aromatic rings. The van der Waals surface area contributed by atoms with Gasteiger partial charge in [0.25, 0.3) is 10.1 Å². The average molecular weight is 230 g/mol. The molecule has 8 heavy (non-hydrogen) atoms. The van der Waals surface area contributed by atoms with Crippen LogP contribution in [0.4, 0.5) is 0 Å². The van der Waals surface area contributed by atoms with Gasteiger partial charge in [-0.05, 0) is 0 Å². The molecule has 0 aliphatic carbocycles. The molecule has 5 heteroatoms. The van der Waals surface area contributed by atoms with E-state index in [4.69, 9.17) is 4.55 Å². The summed E-state index contributed by atoms with van der Waals surface area (Å²) < 4.78 is 27.3. The van der Waals surface area contributed by atoms with E-state index in [2.05, 4.69) is 6.58 Å². The van der Waals surface area contributed by atoms with Gasteiger partial charge in [-0.25, -0.2) is 0 Å². The van der Waals surface area contributed by atoms with Crippen LogP contribution < -0.4 is 0 Å². The van der Waals surface area contributed by atoms with E-state index in [0.29, 0.717) is 0 Å². The Labute approximate surface area is 64.0 Å². The van der Waals surface area contributed by atoms with Gasteiger partial charge in [-0.15, -0.1) is 6.58 Å². The minimum atomic E-state index is -3.79. The summed E-state index contributed by atoms with van der Waals surface area (Å²) in [4.78, 5) is 0. The first-order valence-electron chi connectivity index (χ1n) is 1.62. The number of hydrogen-bond donors (Lipinski definition) is 1. The molecule has 0 heterocycles. The van der Waals surface area contributed by atoms with E-state index in [9.17, 15) is 8.42 Å². The summed E-state index contributed by atoms with van der Waals surface area (Å²) in [5.74, 6) is -0.368. The fourth-order valence-corrected chi connectivity index (χ4v) is 0.447. The molecule has 52 valence electrons. The molecule has 0 fully saturated rings. The zero-order valence-corrected chi connectivity index (χ0v) is 6.26. The van der Waals surface area contributed by atoms with Crippen molar-refractivity contribution in [2.45, 2.75) is 0 Å². The predicted octanol–water partition coefficient (Wildman–Crippen LogP) is 0.0577. The second kappa shape index (κ2) is 4.29. The molecule has 0 bridgehead atoms. The largest absolute Gasteiger partial charge is 1.00 e. The van der Waals surface area contributed by atoms with Gasteiger partial charge in [0.1, 0.15) is 0 Å². The van der Waals surface area contributed by atoms with Crippen LogP contribution in [0.5, 0.6) is 0 Å². The molecule has 0 unspecified atom stereocenters. The molecule has 1 N–H and O–H groups in total. The van der Waals surface area contributed by atoms with Crippen molar-refractivity contribution in [2.24, 2.45) is 0 Å². The van der Waals surface area contributed by atoms with Crippen LogP contribution in [0.1, 0.15) is 0 Å². The Hall–Kier alpha value is 0.390. The van der Waals surface area contributed by atoms with Gasteiger partial charge in [0.05, 0.1) is 5.75 Å². The van der Waals surface area contributed by atoms with E-state index < -0.39 is 10.1 Å². The SMILES string of the molecule is C=CCS(=O)(=O)O.[Ag+]. The summed E-state index contributed by atoms with van der Waals surface area (Å²) in [6.07, 6.45) is 1.12. The summed E-state index contributed by atoms with van der Waals surface area (Å²) in [5.41, 5.74) is 0. The Morgan fingerprint density at radius 2 is 2.00 bits per heavy atom. The molecular formula is C3H6AgO3S+. The summed E-state index contributed by atoms with van der Waals surface area (Å²) in [6, 6.07) is 0. The molecule has 0 aliphatic heterocycles. The fourth-order valence-electron chi connectivity index (χ4n) is 0.149. The van der Waals surface area contributed by atoms with Crippen LogP contribution in [0.15, 0.2) is 12.7 Å². The quantitative estimate of drug-likeness (QED) is 0.414. The maximum atomic E-state index is 9.72. The topological polar surface area (TPSA) is 54.4 Å². The fraction of sp³-hybridized carbons (Fsp3) is 0.333. The summed E-state index contributed by atoms with van der Waals surface area (Å²) >= 11 is 0. The van der Waals surface area contributed by atoms with Gasteiger partial charge in [0.15, 0.2) is 0 Å². The molecule has 0 rings (SSSR count). The van der Waals surface area contributed by atoms with Crippen LogP contribution in [0, 0.1) is 0 Å². The molecule has 0 atom stereocenters. The minimum absolute atomic E-state index is 0. The van der Waals surface area contributed by atoms with Gasteiger partial charge in [-0.1, -0.05) is 6.08 Å². The Balaban J connectivity index is 0. The third kappa shape index (κ3) is 9.63. The van der Waals surface area contributed by atoms with Gasteiger partial charge >= 0.3 is 22.4 Å². The first-order valence-corrected chi connectivity index (χ1v) is 3.23. The van der Waals surface area contributed by atoms with E-state index in [-0.39, 0.29) is 28.1 Å². The van der Waals surface area contributed by atoms with Gasteiger partial charge in [0.2, 0.25) is 0 Å². The monoisotopic (exact) mass is 229 g/mol. The van der Waals surface area contributed by atoms with Crippen molar-refractivity contribution in [3.8, 4) is 0 Å². The summed E-state index contributed by atoms with van der Waals surface area (Å²) in [6.45, 7) is 3.11. The maximum absolute atomic E-state index is 9.72. The van der Waals surface area contributed by atoms with Crippen molar-refractivity contribution < 1.29 is 35.4 Å². The van der Waals surface area contributed by atoms with E-state index in [1.54, 1.807) is 0 Å². The van der Waals surface area contributed by atoms with Gasteiger partial charge in [-0.3, -0.25) is 4.55 Å². The maximum Gasteiger partial charge on any atom is 1.00 e. The molecule has 0 aromatic heterocycles. The third-order valence-corrected chi connectivity index (χ3v) is 0.985. The Kier molecular flexibility index (Phi) is 6.01. The van der Waals surface area contributed by atoms with Crippen LogP contribution in [-0.4, -0.2) is 18.7 Å². The van der Waals surface area contributed by atoms with Crippen molar-refractivity contribution in [1.29, 1.82) is 0 Å². The van der Waals surface area contributed by atoms with Gasteiger partial charge < -0.3 is 0 Å². The number of hydrogen-bond acceptors (Lipinski definition) is 2. The van der Waals surface area contributed by atoms with Crippen molar-refractivity contribution >= 4 is 10.1 Å². The van der Waals surface area contributed by atoms with E-state index in [1.807, 2.05) is 0 Å². The van der Waals surface area contributed by atoms with E-state index in [1.165, 1.54) is 0 Å². The van der Waals surface area contributed by atoms with Crippen LogP contribution in [0.3, 0.4) is 0 Å². The van der Waals surface area contributed by atoms with E-state index >= 15 is 0 Å². The molecular weight excluding hydrogens is 224 g/mol. The molecule has 0 saturated heterocycles. The smallest absolute Gasteiger partial charge is 0.285 e. The van der Waals surface area contributed by atoms with Crippen molar-refractivity contribution in [2.75, 3.05) is 5.75 Å². The molecule has 0 amide bonds. The molecule has 0 radical (unpaired) electrons. The van der Waals surface area contributed by atoms with Gasteiger partial charge in [0, 0.05) is 0 Å². The first kappa shape index (κ1) is 11.2. The van der Waals surface area contributed by atoms with Crippen LogP contribution >= 0.6 is 0 Å². The Morgan fingerprint density at radius 3 is 2.00 bits per heavy atom. The Bertz CT molecular complexity index is 148.